The minimum Gasteiger partial charge on any atom is -0.497 e. The van der Waals surface area contributed by atoms with Crippen LogP contribution in [0.2, 0.25) is 0 Å². The first-order valence-electron chi connectivity index (χ1n) is 6.96. The van der Waals surface area contributed by atoms with E-state index in [1.54, 1.807) is 7.11 Å². The van der Waals surface area contributed by atoms with Crippen LogP contribution >= 0.6 is 0 Å². The zero-order valence-electron chi connectivity index (χ0n) is 13.6. The van der Waals surface area contributed by atoms with E-state index in [2.05, 4.69) is 19.1 Å². The lowest BCUT2D eigenvalue weighted by Gasteiger charge is -2.23. The van der Waals surface area contributed by atoms with Gasteiger partial charge in [-0.3, -0.25) is 4.99 Å². The molecule has 1 aromatic carbocycles. The molecule has 0 saturated carbocycles. The fourth-order valence-corrected chi connectivity index (χ4v) is 2.15. The van der Waals surface area contributed by atoms with Crippen LogP contribution in [0.25, 0.3) is 0 Å². The molecule has 0 aliphatic carbocycles. The Kier molecular flexibility index (Phi) is 6.36. The molecule has 0 unspecified atom stereocenters. The molecule has 0 aromatic heterocycles. The Hall–Kier alpha value is -1.71. The second-order valence-electron chi connectivity index (χ2n) is 5.59. The van der Waals surface area contributed by atoms with Gasteiger partial charge in [0, 0.05) is 34.7 Å². The second kappa shape index (κ2) is 7.78. The van der Waals surface area contributed by atoms with Crippen LogP contribution in [0, 0.1) is 5.92 Å². The third-order valence-corrected chi connectivity index (χ3v) is 3.09. The Morgan fingerprint density at radius 1 is 1.10 bits per heavy atom. The number of hydrogen-bond acceptors (Lipinski definition) is 2. The average molecular weight is 277 g/mol. The van der Waals surface area contributed by atoms with Gasteiger partial charge in [-0.1, -0.05) is 19.1 Å². The fraction of sp³-hybridized carbons (Fsp3) is 0.562. The molecule has 0 radical (unpaired) electrons. The van der Waals surface area contributed by atoms with E-state index in [0.717, 1.165) is 24.7 Å². The predicted octanol–water partition coefficient (Wildman–Crippen LogP) is 2.35. The van der Waals surface area contributed by atoms with Gasteiger partial charge in [0.1, 0.15) is 5.75 Å². The van der Waals surface area contributed by atoms with Crippen molar-refractivity contribution in [3.63, 3.8) is 0 Å². The van der Waals surface area contributed by atoms with Crippen molar-refractivity contribution in [2.45, 2.75) is 13.3 Å². The van der Waals surface area contributed by atoms with E-state index in [1.807, 2.05) is 50.1 Å². The smallest absolute Gasteiger partial charge is 0.195 e. The van der Waals surface area contributed by atoms with Gasteiger partial charge in [0.25, 0.3) is 0 Å². The van der Waals surface area contributed by atoms with Crippen LogP contribution in [0.1, 0.15) is 12.5 Å². The summed E-state index contributed by atoms with van der Waals surface area (Å²) in [6.45, 7) is 3.06. The van der Waals surface area contributed by atoms with Gasteiger partial charge in [-0.25, -0.2) is 0 Å². The Balaban J connectivity index is 2.58. The summed E-state index contributed by atoms with van der Waals surface area (Å²) in [5.41, 5.74) is 1.32. The predicted molar refractivity (Wildman–Crippen MR) is 85.5 cm³/mol. The summed E-state index contributed by atoms with van der Waals surface area (Å²) in [4.78, 5) is 8.78. The molecule has 0 N–H and O–H groups in total. The average Bonchev–Trinajstić information content (AvgIpc) is 2.39. The first-order valence-corrected chi connectivity index (χ1v) is 6.96. The Morgan fingerprint density at radius 2 is 1.65 bits per heavy atom. The molecule has 0 spiro atoms. The molecule has 112 valence electrons. The van der Waals surface area contributed by atoms with E-state index in [4.69, 9.17) is 9.73 Å². The summed E-state index contributed by atoms with van der Waals surface area (Å²) in [5, 5.41) is 0. The molecule has 0 saturated heterocycles. The van der Waals surface area contributed by atoms with E-state index >= 15 is 0 Å². The lowest BCUT2D eigenvalue weighted by Crippen LogP contribution is -2.35. The highest BCUT2D eigenvalue weighted by molar-refractivity contribution is 5.79. The lowest BCUT2D eigenvalue weighted by atomic mass is 10.0. The number of hydrogen-bond donors (Lipinski definition) is 0. The number of rotatable bonds is 5. The molecular weight excluding hydrogens is 250 g/mol. The molecule has 0 heterocycles. The van der Waals surface area contributed by atoms with Gasteiger partial charge >= 0.3 is 0 Å². The molecule has 0 fully saturated rings. The number of benzene rings is 1. The van der Waals surface area contributed by atoms with Gasteiger partial charge in [-0.15, -0.1) is 0 Å². The van der Waals surface area contributed by atoms with Crippen LogP contribution in [0.5, 0.6) is 5.75 Å². The summed E-state index contributed by atoms with van der Waals surface area (Å²) in [6, 6.07) is 8.27. The van der Waals surface area contributed by atoms with Gasteiger partial charge in [-0.05, 0) is 30.0 Å². The summed E-state index contributed by atoms with van der Waals surface area (Å²) in [5.74, 6) is 2.42. The van der Waals surface area contributed by atoms with Crippen molar-refractivity contribution in [2.24, 2.45) is 10.9 Å². The third kappa shape index (κ3) is 5.11. The first kappa shape index (κ1) is 16.3. The van der Waals surface area contributed by atoms with E-state index in [-0.39, 0.29) is 0 Å². The maximum absolute atomic E-state index is 5.17. The summed E-state index contributed by atoms with van der Waals surface area (Å²) >= 11 is 0. The number of nitrogens with zero attached hydrogens (tertiary/aromatic N) is 3. The molecule has 1 aromatic rings. The maximum atomic E-state index is 5.17. The molecule has 4 heteroatoms. The van der Waals surface area contributed by atoms with Gasteiger partial charge in [0.2, 0.25) is 0 Å². The van der Waals surface area contributed by atoms with Crippen LogP contribution in [-0.2, 0) is 6.42 Å². The maximum Gasteiger partial charge on any atom is 0.195 e. The number of aliphatic imine (C=N–C) groups is 1. The topological polar surface area (TPSA) is 28.1 Å². The zero-order chi connectivity index (χ0) is 15.1. The van der Waals surface area contributed by atoms with E-state index in [0.29, 0.717) is 5.92 Å². The minimum atomic E-state index is 0.512. The normalized spacial score (nSPS) is 11.7. The molecule has 1 rings (SSSR count). The molecule has 4 nitrogen and oxygen atoms in total. The quantitative estimate of drug-likeness (QED) is 0.611. The highest BCUT2D eigenvalue weighted by Gasteiger charge is 2.07. The van der Waals surface area contributed by atoms with Gasteiger partial charge in [0.15, 0.2) is 5.96 Å². The van der Waals surface area contributed by atoms with Crippen LogP contribution in [0.3, 0.4) is 0 Å². The van der Waals surface area contributed by atoms with Crippen molar-refractivity contribution < 1.29 is 4.74 Å². The number of ether oxygens (including phenoxy) is 1. The minimum absolute atomic E-state index is 0.512. The van der Waals surface area contributed by atoms with E-state index in [9.17, 15) is 0 Å². The van der Waals surface area contributed by atoms with Crippen molar-refractivity contribution >= 4 is 5.96 Å². The molecular formula is C16H27N3O. The van der Waals surface area contributed by atoms with E-state index in [1.165, 1.54) is 5.56 Å². The summed E-state index contributed by atoms with van der Waals surface area (Å²) < 4.78 is 5.17. The second-order valence-corrected chi connectivity index (χ2v) is 5.59. The van der Waals surface area contributed by atoms with Crippen LogP contribution in [0.15, 0.2) is 29.3 Å². The van der Waals surface area contributed by atoms with Crippen LogP contribution in [-0.4, -0.2) is 57.6 Å². The van der Waals surface area contributed by atoms with Crippen molar-refractivity contribution in [3.8, 4) is 5.75 Å². The van der Waals surface area contributed by atoms with Crippen LogP contribution < -0.4 is 4.74 Å². The lowest BCUT2D eigenvalue weighted by molar-refractivity contribution is 0.414. The highest BCUT2D eigenvalue weighted by Crippen LogP contribution is 2.14. The van der Waals surface area contributed by atoms with Gasteiger partial charge in [-0.2, -0.15) is 0 Å². The fourth-order valence-electron chi connectivity index (χ4n) is 2.15. The SMILES string of the molecule is COc1ccc(C[C@H](C)CN=C(N(C)C)N(C)C)cc1. The third-order valence-electron chi connectivity index (χ3n) is 3.09. The van der Waals surface area contributed by atoms with Crippen molar-refractivity contribution in [2.75, 3.05) is 41.8 Å². The Morgan fingerprint density at radius 3 is 2.10 bits per heavy atom. The molecule has 0 aliphatic heterocycles. The standard InChI is InChI=1S/C16H27N3O/c1-13(12-17-16(18(2)3)19(4)5)11-14-7-9-15(20-6)10-8-14/h7-10,13H,11-12H2,1-6H3/t13-/m0/s1. The Bertz CT molecular complexity index is 414. The molecule has 20 heavy (non-hydrogen) atoms. The molecule has 1 atom stereocenters. The summed E-state index contributed by atoms with van der Waals surface area (Å²) in [6.07, 6.45) is 1.03. The van der Waals surface area contributed by atoms with Crippen LogP contribution in [0.4, 0.5) is 0 Å². The zero-order valence-corrected chi connectivity index (χ0v) is 13.6. The Labute approximate surface area is 123 Å². The van der Waals surface area contributed by atoms with Gasteiger partial charge < -0.3 is 14.5 Å². The number of methoxy groups -OCH3 is 1. The number of guanidine groups is 1. The highest BCUT2D eigenvalue weighted by atomic mass is 16.5. The van der Waals surface area contributed by atoms with Crippen molar-refractivity contribution in [1.29, 1.82) is 0 Å². The monoisotopic (exact) mass is 277 g/mol. The first-order chi connectivity index (χ1) is 9.43. The van der Waals surface area contributed by atoms with Crippen molar-refractivity contribution in [1.82, 2.24) is 9.80 Å². The van der Waals surface area contributed by atoms with Crippen molar-refractivity contribution in [3.05, 3.63) is 29.8 Å². The largest absolute Gasteiger partial charge is 0.497 e. The molecule has 0 aliphatic rings. The molecule has 0 bridgehead atoms. The summed E-state index contributed by atoms with van der Waals surface area (Å²) in [7, 11) is 9.77. The van der Waals surface area contributed by atoms with E-state index < -0.39 is 0 Å². The van der Waals surface area contributed by atoms with Gasteiger partial charge in [0.05, 0.1) is 7.11 Å². The molecule has 0 amide bonds.